The van der Waals surface area contributed by atoms with Gasteiger partial charge in [0.2, 0.25) is 5.76 Å². The molecule has 0 atom stereocenters. The van der Waals surface area contributed by atoms with Crippen LogP contribution in [0.15, 0.2) is 15.1 Å². The topological polar surface area (TPSA) is 107 Å². The fraction of sp³-hybridized carbons (Fsp3) is 0.222. The molecule has 2 aromatic rings. The Bertz CT molecular complexity index is 529. The Morgan fingerprint density at radius 2 is 2.12 bits per heavy atom. The van der Waals surface area contributed by atoms with E-state index < -0.39 is 5.91 Å². The van der Waals surface area contributed by atoms with Crippen molar-refractivity contribution in [3.8, 4) is 11.5 Å². The summed E-state index contributed by atoms with van der Waals surface area (Å²) >= 11 is 0. The zero-order chi connectivity index (χ0) is 11.7. The SMILES string of the molecule is Cc1cc(-c2onc(C)c2C(=O)NN)no1. The molecule has 1 amide bonds. The van der Waals surface area contributed by atoms with Crippen molar-refractivity contribution < 1.29 is 13.8 Å². The van der Waals surface area contributed by atoms with Gasteiger partial charge in [-0.15, -0.1) is 0 Å². The lowest BCUT2D eigenvalue weighted by Gasteiger charge is -1.97. The monoisotopic (exact) mass is 222 g/mol. The number of nitrogens with two attached hydrogens (primary N) is 1. The Morgan fingerprint density at radius 1 is 1.38 bits per heavy atom. The van der Waals surface area contributed by atoms with Crippen LogP contribution in [0.4, 0.5) is 0 Å². The summed E-state index contributed by atoms with van der Waals surface area (Å²) in [5, 5.41) is 7.45. The largest absolute Gasteiger partial charge is 0.361 e. The first-order chi connectivity index (χ1) is 7.63. The molecular formula is C9H10N4O3. The van der Waals surface area contributed by atoms with E-state index in [0.717, 1.165) is 0 Å². The molecule has 0 unspecified atom stereocenters. The zero-order valence-corrected chi connectivity index (χ0v) is 8.77. The number of nitrogen functional groups attached to an aromatic ring is 1. The molecule has 0 saturated heterocycles. The van der Waals surface area contributed by atoms with Crippen LogP contribution in [-0.4, -0.2) is 16.2 Å². The van der Waals surface area contributed by atoms with Crippen LogP contribution in [0, 0.1) is 13.8 Å². The molecule has 7 heteroatoms. The number of rotatable bonds is 2. The average molecular weight is 222 g/mol. The van der Waals surface area contributed by atoms with Gasteiger partial charge in [-0.25, -0.2) is 5.84 Å². The van der Waals surface area contributed by atoms with E-state index in [9.17, 15) is 4.79 Å². The summed E-state index contributed by atoms with van der Waals surface area (Å²) in [7, 11) is 0. The molecular weight excluding hydrogens is 212 g/mol. The van der Waals surface area contributed by atoms with Gasteiger partial charge < -0.3 is 9.05 Å². The van der Waals surface area contributed by atoms with Crippen LogP contribution in [0.25, 0.3) is 11.5 Å². The van der Waals surface area contributed by atoms with Gasteiger partial charge in [-0.3, -0.25) is 10.2 Å². The normalized spacial score (nSPS) is 10.4. The second kappa shape index (κ2) is 3.78. The van der Waals surface area contributed by atoms with Crippen molar-refractivity contribution in [1.29, 1.82) is 0 Å². The van der Waals surface area contributed by atoms with Crippen LogP contribution in [0.1, 0.15) is 21.8 Å². The summed E-state index contributed by atoms with van der Waals surface area (Å²) in [6, 6.07) is 1.65. The number of hydrogen-bond donors (Lipinski definition) is 2. The number of aryl methyl sites for hydroxylation is 2. The van der Waals surface area contributed by atoms with Gasteiger partial charge >= 0.3 is 0 Å². The average Bonchev–Trinajstić information content (AvgIpc) is 2.83. The van der Waals surface area contributed by atoms with E-state index in [1.165, 1.54) is 0 Å². The summed E-state index contributed by atoms with van der Waals surface area (Å²) in [4.78, 5) is 11.5. The molecule has 0 saturated carbocycles. The molecule has 84 valence electrons. The highest BCUT2D eigenvalue weighted by atomic mass is 16.5. The number of aromatic nitrogens is 2. The molecule has 3 N–H and O–H groups in total. The maximum atomic E-state index is 11.5. The lowest BCUT2D eigenvalue weighted by molar-refractivity contribution is 0.0953. The van der Waals surface area contributed by atoms with E-state index in [2.05, 4.69) is 10.3 Å². The van der Waals surface area contributed by atoms with Gasteiger partial charge in [0.05, 0.1) is 5.69 Å². The molecule has 0 aliphatic carbocycles. The highest BCUT2D eigenvalue weighted by molar-refractivity contribution is 5.99. The third-order valence-corrected chi connectivity index (χ3v) is 2.08. The quantitative estimate of drug-likeness (QED) is 0.436. The van der Waals surface area contributed by atoms with E-state index >= 15 is 0 Å². The van der Waals surface area contributed by atoms with Gasteiger partial charge in [0.15, 0.2) is 5.69 Å². The van der Waals surface area contributed by atoms with Gasteiger partial charge in [0.1, 0.15) is 11.3 Å². The van der Waals surface area contributed by atoms with E-state index in [1.807, 2.05) is 5.43 Å². The third-order valence-electron chi connectivity index (χ3n) is 2.08. The lowest BCUT2D eigenvalue weighted by atomic mass is 10.1. The Hall–Kier alpha value is -2.15. The molecule has 0 aliphatic heterocycles. The van der Waals surface area contributed by atoms with Crippen molar-refractivity contribution in [3.05, 3.63) is 23.1 Å². The first-order valence-corrected chi connectivity index (χ1v) is 4.54. The molecule has 0 bridgehead atoms. The fourth-order valence-corrected chi connectivity index (χ4v) is 1.36. The summed E-state index contributed by atoms with van der Waals surface area (Å²) < 4.78 is 9.92. The summed E-state index contributed by atoms with van der Waals surface area (Å²) in [6.45, 7) is 3.38. The van der Waals surface area contributed by atoms with Crippen molar-refractivity contribution in [2.45, 2.75) is 13.8 Å². The molecule has 2 heterocycles. The van der Waals surface area contributed by atoms with Crippen LogP contribution in [0.5, 0.6) is 0 Å². The fourth-order valence-electron chi connectivity index (χ4n) is 1.36. The van der Waals surface area contributed by atoms with Crippen LogP contribution >= 0.6 is 0 Å². The second-order valence-corrected chi connectivity index (χ2v) is 3.27. The van der Waals surface area contributed by atoms with Crippen molar-refractivity contribution in [1.82, 2.24) is 15.7 Å². The number of nitrogens with zero attached hydrogens (tertiary/aromatic N) is 2. The molecule has 0 aromatic carbocycles. The maximum absolute atomic E-state index is 11.5. The third kappa shape index (κ3) is 1.57. The first-order valence-electron chi connectivity index (χ1n) is 4.54. The molecule has 0 aliphatic rings. The van der Waals surface area contributed by atoms with Crippen molar-refractivity contribution >= 4 is 5.91 Å². The predicted molar refractivity (Wildman–Crippen MR) is 53.1 cm³/mol. The van der Waals surface area contributed by atoms with Crippen LogP contribution in [0.3, 0.4) is 0 Å². The van der Waals surface area contributed by atoms with E-state index in [0.29, 0.717) is 17.1 Å². The number of carbonyl (C=O) groups excluding carboxylic acids is 1. The predicted octanol–water partition coefficient (Wildman–Crippen LogP) is 0.550. The Balaban J connectivity index is 2.53. The lowest BCUT2D eigenvalue weighted by Crippen LogP contribution is -2.30. The Labute approximate surface area is 90.5 Å². The molecule has 16 heavy (non-hydrogen) atoms. The van der Waals surface area contributed by atoms with Crippen LogP contribution < -0.4 is 11.3 Å². The molecule has 2 aromatic heterocycles. The minimum atomic E-state index is -0.477. The Kier molecular flexibility index (Phi) is 2.45. The molecule has 0 spiro atoms. The molecule has 0 radical (unpaired) electrons. The smallest absolute Gasteiger partial charge is 0.271 e. The molecule has 2 rings (SSSR count). The maximum Gasteiger partial charge on any atom is 0.271 e. The number of hydrogen-bond acceptors (Lipinski definition) is 6. The standard InChI is InChI=1S/C9H10N4O3/c1-4-3-6(13-15-4)8-7(9(14)11-10)5(2)12-16-8/h3H,10H2,1-2H3,(H,11,14). The molecule has 7 nitrogen and oxygen atoms in total. The van der Waals surface area contributed by atoms with Crippen molar-refractivity contribution in [2.24, 2.45) is 5.84 Å². The first kappa shape index (κ1) is 10.4. The summed E-state index contributed by atoms with van der Waals surface area (Å²) in [5.41, 5.74) is 3.14. The summed E-state index contributed by atoms with van der Waals surface area (Å²) in [6.07, 6.45) is 0. The van der Waals surface area contributed by atoms with Gasteiger partial charge in [-0.2, -0.15) is 0 Å². The highest BCUT2D eigenvalue weighted by Gasteiger charge is 2.23. The van der Waals surface area contributed by atoms with Gasteiger partial charge in [0, 0.05) is 6.07 Å². The number of carbonyl (C=O) groups is 1. The van der Waals surface area contributed by atoms with Crippen LogP contribution in [-0.2, 0) is 0 Å². The van der Waals surface area contributed by atoms with Crippen molar-refractivity contribution in [3.63, 3.8) is 0 Å². The number of amides is 1. The van der Waals surface area contributed by atoms with Gasteiger partial charge in [-0.1, -0.05) is 10.3 Å². The van der Waals surface area contributed by atoms with E-state index in [-0.39, 0.29) is 11.3 Å². The second-order valence-electron chi connectivity index (χ2n) is 3.27. The van der Waals surface area contributed by atoms with Crippen LogP contribution in [0.2, 0.25) is 0 Å². The van der Waals surface area contributed by atoms with Gasteiger partial charge in [-0.05, 0) is 13.8 Å². The molecule has 0 fully saturated rings. The minimum Gasteiger partial charge on any atom is -0.361 e. The van der Waals surface area contributed by atoms with E-state index in [4.69, 9.17) is 14.9 Å². The summed E-state index contributed by atoms with van der Waals surface area (Å²) in [5.74, 6) is 5.46. The van der Waals surface area contributed by atoms with E-state index in [1.54, 1.807) is 19.9 Å². The zero-order valence-electron chi connectivity index (χ0n) is 8.77. The van der Waals surface area contributed by atoms with Gasteiger partial charge in [0.25, 0.3) is 5.91 Å². The minimum absolute atomic E-state index is 0.248. The number of hydrazine groups is 1. The highest BCUT2D eigenvalue weighted by Crippen LogP contribution is 2.25. The number of nitrogens with one attached hydrogen (secondary N) is 1. The van der Waals surface area contributed by atoms with Crippen molar-refractivity contribution in [2.75, 3.05) is 0 Å². The Morgan fingerprint density at radius 3 is 2.69 bits per heavy atom.